The van der Waals surface area contributed by atoms with Gasteiger partial charge in [-0.25, -0.2) is 13.1 Å². The summed E-state index contributed by atoms with van der Waals surface area (Å²) in [6, 6.07) is 9.54. The van der Waals surface area contributed by atoms with Crippen LogP contribution in [0.4, 0.5) is 0 Å². The van der Waals surface area contributed by atoms with Crippen molar-refractivity contribution in [2.75, 3.05) is 27.3 Å². The second kappa shape index (κ2) is 8.70. The molecule has 0 bridgehead atoms. The van der Waals surface area contributed by atoms with Crippen LogP contribution in [-0.4, -0.2) is 51.5 Å². The number of nitrogens with zero attached hydrogens (tertiary/aromatic N) is 2. The molecule has 2 aromatic rings. The van der Waals surface area contributed by atoms with Crippen molar-refractivity contribution in [3.8, 4) is 0 Å². The van der Waals surface area contributed by atoms with E-state index in [-0.39, 0.29) is 24.0 Å². The minimum Gasteiger partial charge on any atom is -0.383 e. The van der Waals surface area contributed by atoms with Crippen molar-refractivity contribution in [1.82, 2.24) is 14.6 Å². The lowest BCUT2D eigenvalue weighted by Crippen LogP contribution is -2.28. The van der Waals surface area contributed by atoms with Crippen LogP contribution < -0.4 is 4.72 Å². The molecule has 8 heteroatoms. The molecule has 25 heavy (non-hydrogen) atoms. The Hall–Kier alpha value is -2.29. The molecular formula is C17H21N3O4S. The van der Waals surface area contributed by atoms with Crippen LogP contribution in [0.2, 0.25) is 0 Å². The number of methoxy groups -OCH3 is 1. The molecule has 0 aliphatic carbocycles. The number of carbonyl (C=O) groups is 1. The van der Waals surface area contributed by atoms with Crippen molar-refractivity contribution in [3.05, 3.63) is 59.9 Å². The van der Waals surface area contributed by atoms with Crippen LogP contribution in [-0.2, 0) is 21.3 Å². The predicted molar refractivity (Wildman–Crippen MR) is 93.5 cm³/mol. The molecule has 0 aliphatic rings. The Kier molecular flexibility index (Phi) is 6.63. The monoisotopic (exact) mass is 363 g/mol. The third kappa shape index (κ3) is 5.35. The summed E-state index contributed by atoms with van der Waals surface area (Å²) in [7, 11) is -0.414. The van der Waals surface area contributed by atoms with Crippen molar-refractivity contribution in [2.24, 2.45) is 0 Å². The number of benzene rings is 1. The predicted octanol–water partition coefficient (Wildman–Crippen LogP) is 1.28. The number of aromatic nitrogens is 1. The van der Waals surface area contributed by atoms with E-state index in [2.05, 4.69) is 9.71 Å². The minimum absolute atomic E-state index is 0.108. The highest BCUT2D eigenvalue weighted by Gasteiger charge is 2.16. The Morgan fingerprint density at radius 3 is 2.40 bits per heavy atom. The molecular weight excluding hydrogens is 342 g/mol. The van der Waals surface area contributed by atoms with E-state index in [0.717, 1.165) is 5.56 Å². The van der Waals surface area contributed by atoms with Crippen molar-refractivity contribution in [2.45, 2.75) is 11.4 Å². The first-order chi connectivity index (χ1) is 11.9. The van der Waals surface area contributed by atoms with E-state index in [0.29, 0.717) is 12.1 Å². The Balaban J connectivity index is 2.04. The summed E-state index contributed by atoms with van der Waals surface area (Å²) in [6.07, 6.45) is 3.34. The zero-order valence-corrected chi connectivity index (χ0v) is 15.0. The standard InChI is InChI=1S/C17H21N3O4S/c1-20(13-14-7-9-18-10-8-14)17(21)15-3-5-16(6-4-15)25(22,23)19-11-12-24-2/h3-10,19H,11-13H2,1-2H3. The third-order valence-electron chi connectivity index (χ3n) is 3.53. The van der Waals surface area contributed by atoms with Gasteiger partial charge in [-0.1, -0.05) is 0 Å². The second-order valence-corrected chi connectivity index (χ2v) is 7.20. The molecule has 1 heterocycles. The molecule has 0 atom stereocenters. The van der Waals surface area contributed by atoms with Gasteiger partial charge in [-0.2, -0.15) is 0 Å². The van der Waals surface area contributed by atoms with Gasteiger partial charge in [0.1, 0.15) is 0 Å². The Bertz CT molecular complexity index is 792. The number of nitrogens with one attached hydrogen (secondary N) is 1. The zero-order valence-electron chi connectivity index (χ0n) is 14.2. The van der Waals surface area contributed by atoms with E-state index in [9.17, 15) is 13.2 Å². The average molecular weight is 363 g/mol. The second-order valence-electron chi connectivity index (χ2n) is 5.43. The highest BCUT2D eigenvalue weighted by Crippen LogP contribution is 2.13. The number of ether oxygens (including phenoxy) is 1. The van der Waals surface area contributed by atoms with Crippen LogP contribution >= 0.6 is 0 Å². The van der Waals surface area contributed by atoms with E-state index in [1.165, 1.54) is 31.4 Å². The van der Waals surface area contributed by atoms with Gasteiger partial charge in [-0.3, -0.25) is 9.78 Å². The first-order valence-electron chi connectivity index (χ1n) is 7.67. The molecule has 7 nitrogen and oxygen atoms in total. The summed E-state index contributed by atoms with van der Waals surface area (Å²) in [4.78, 5) is 18.1. The number of sulfonamides is 1. The molecule has 1 N–H and O–H groups in total. The topological polar surface area (TPSA) is 88.6 Å². The Labute approximate surface area is 147 Å². The molecule has 0 aliphatic heterocycles. The fourth-order valence-electron chi connectivity index (χ4n) is 2.19. The van der Waals surface area contributed by atoms with Crippen LogP contribution in [0.5, 0.6) is 0 Å². The number of hydrogen-bond acceptors (Lipinski definition) is 5. The molecule has 0 spiro atoms. The van der Waals surface area contributed by atoms with Gasteiger partial charge in [-0.15, -0.1) is 0 Å². The van der Waals surface area contributed by atoms with Crippen molar-refractivity contribution >= 4 is 15.9 Å². The van der Waals surface area contributed by atoms with Gasteiger partial charge in [0.25, 0.3) is 5.91 Å². The van der Waals surface area contributed by atoms with E-state index >= 15 is 0 Å². The van der Waals surface area contributed by atoms with E-state index < -0.39 is 10.0 Å². The summed E-state index contributed by atoms with van der Waals surface area (Å²) < 4.78 is 31.4. The smallest absolute Gasteiger partial charge is 0.253 e. The first kappa shape index (κ1) is 19.0. The number of carbonyl (C=O) groups excluding carboxylic acids is 1. The lowest BCUT2D eigenvalue weighted by atomic mass is 10.2. The van der Waals surface area contributed by atoms with Crippen LogP contribution in [0.3, 0.4) is 0 Å². The molecule has 1 aromatic carbocycles. The highest BCUT2D eigenvalue weighted by molar-refractivity contribution is 7.89. The van der Waals surface area contributed by atoms with E-state index in [4.69, 9.17) is 4.74 Å². The van der Waals surface area contributed by atoms with Gasteiger partial charge in [0.15, 0.2) is 0 Å². The molecule has 0 unspecified atom stereocenters. The fourth-order valence-corrected chi connectivity index (χ4v) is 3.21. The molecule has 1 aromatic heterocycles. The Morgan fingerprint density at radius 1 is 1.16 bits per heavy atom. The molecule has 0 radical (unpaired) electrons. The lowest BCUT2D eigenvalue weighted by molar-refractivity contribution is 0.0785. The molecule has 0 saturated heterocycles. The third-order valence-corrected chi connectivity index (χ3v) is 5.00. The molecule has 0 saturated carbocycles. The summed E-state index contributed by atoms with van der Waals surface area (Å²) >= 11 is 0. The number of hydrogen-bond donors (Lipinski definition) is 1. The van der Waals surface area contributed by atoms with Crippen LogP contribution in [0.25, 0.3) is 0 Å². The summed E-state index contributed by atoms with van der Waals surface area (Å²) in [5.41, 5.74) is 1.39. The van der Waals surface area contributed by atoms with E-state index in [1.54, 1.807) is 24.3 Å². The molecule has 134 valence electrons. The largest absolute Gasteiger partial charge is 0.383 e. The number of rotatable bonds is 8. The van der Waals surface area contributed by atoms with Gasteiger partial charge in [0.2, 0.25) is 10.0 Å². The van der Waals surface area contributed by atoms with E-state index in [1.807, 2.05) is 12.1 Å². The average Bonchev–Trinajstić information content (AvgIpc) is 2.62. The van der Waals surface area contributed by atoms with Crippen molar-refractivity contribution < 1.29 is 17.9 Å². The fraction of sp³-hybridized carbons (Fsp3) is 0.294. The summed E-state index contributed by atoms with van der Waals surface area (Å²) in [5, 5.41) is 0. The first-order valence-corrected chi connectivity index (χ1v) is 9.15. The molecule has 1 amide bonds. The van der Waals surface area contributed by atoms with Crippen molar-refractivity contribution in [1.29, 1.82) is 0 Å². The number of pyridine rings is 1. The summed E-state index contributed by atoms with van der Waals surface area (Å²) in [5.74, 6) is -0.187. The maximum absolute atomic E-state index is 12.4. The minimum atomic E-state index is -3.61. The zero-order chi connectivity index (χ0) is 18.3. The highest BCUT2D eigenvalue weighted by atomic mass is 32.2. The number of amides is 1. The lowest BCUT2D eigenvalue weighted by Gasteiger charge is -2.17. The van der Waals surface area contributed by atoms with Crippen molar-refractivity contribution in [3.63, 3.8) is 0 Å². The van der Waals surface area contributed by atoms with Gasteiger partial charge in [-0.05, 0) is 42.0 Å². The maximum Gasteiger partial charge on any atom is 0.253 e. The van der Waals surface area contributed by atoms with Gasteiger partial charge >= 0.3 is 0 Å². The normalized spacial score (nSPS) is 11.3. The molecule has 2 rings (SSSR count). The molecule has 0 fully saturated rings. The van der Waals surface area contributed by atoms with Gasteiger partial charge in [0.05, 0.1) is 11.5 Å². The quantitative estimate of drug-likeness (QED) is 0.714. The van der Waals surface area contributed by atoms with Crippen LogP contribution in [0.15, 0.2) is 53.7 Å². The SMILES string of the molecule is COCCNS(=O)(=O)c1ccc(C(=O)N(C)Cc2ccncc2)cc1. The van der Waals surface area contributed by atoms with Crippen LogP contribution in [0, 0.1) is 0 Å². The van der Waals surface area contributed by atoms with Gasteiger partial charge < -0.3 is 9.64 Å². The maximum atomic E-state index is 12.4. The summed E-state index contributed by atoms with van der Waals surface area (Å²) in [6.45, 7) is 0.920. The van der Waals surface area contributed by atoms with Crippen LogP contribution in [0.1, 0.15) is 15.9 Å². The Morgan fingerprint density at radius 2 is 1.80 bits per heavy atom. The van der Waals surface area contributed by atoms with Gasteiger partial charge in [0, 0.05) is 45.2 Å².